The molecule has 2 N–H and O–H groups in total. The third-order valence-corrected chi connectivity index (χ3v) is 2.09. The van der Waals surface area contributed by atoms with Crippen LogP contribution in [-0.4, -0.2) is 24.5 Å². The Morgan fingerprint density at radius 3 is 2.87 bits per heavy atom. The van der Waals surface area contributed by atoms with E-state index in [0.29, 0.717) is 19.5 Å². The zero-order chi connectivity index (χ0) is 11.1. The highest BCUT2D eigenvalue weighted by Gasteiger charge is 1.97. The lowest BCUT2D eigenvalue weighted by Gasteiger charge is -2.03. The number of hydrogen-bond donors (Lipinski definition) is 2. The summed E-state index contributed by atoms with van der Waals surface area (Å²) in [6.45, 7) is 3.39. The molecule has 1 rings (SSSR count). The molecule has 0 unspecified atom stereocenters. The van der Waals surface area contributed by atoms with Crippen molar-refractivity contribution in [2.45, 2.75) is 19.9 Å². The molecule has 15 heavy (non-hydrogen) atoms. The lowest BCUT2D eigenvalue weighted by atomic mass is 10.3. The van der Waals surface area contributed by atoms with Crippen LogP contribution in [0.2, 0.25) is 0 Å². The quantitative estimate of drug-likeness (QED) is 0.696. The Kier molecular flexibility index (Phi) is 4.77. The summed E-state index contributed by atoms with van der Waals surface area (Å²) in [5, 5.41) is 5.74. The summed E-state index contributed by atoms with van der Waals surface area (Å²) in [5.41, 5.74) is 2.15. The van der Waals surface area contributed by atoms with Gasteiger partial charge in [-0.3, -0.25) is 9.78 Å². The molecule has 4 nitrogen and oxygen atoms in total. The number of amides is 1. The molecule has 0 aromatic carbocycles. The van der Waals surface area contributed by atoms with Crippen LogP contribution in [0.25, 0.3) is 0 Å². The van der Waals surface area contributed by atoms with Gasteiger partial charge in [0.05, 0.1) is 5.69 Å². The van der Waals surface area contributed by atoms with Crippen LogP contribution in [0.15, 0.2) is 18.3 Å². The Balaban J connectivity index is 2.20. The zero-order valence-corrected chi connectivity index (χ0v) is 9.21. The van der Waals surface area contributed by atoms with Crippen LogP contribution < -0.4 is 10.6 Å². The minimum absolute atomic E-state index is 0.0550. The maximum atomic E-state index is 10.9. The van der Waals surface area contributed by atoms with E-state index in [-0.39, 0.29) is 5.91 Å². The summed E-state index contributed by atoms with van der Waals surface area (Å²) >= 11 is 0. The number of aromatic nitrogens is 1. The SMILES string of the molecule is CNC(=O)CCNCc1ccc(C)cn1. The molecule has 1 aromatic rings. The lowest BCUT2D eigenvalue weighted by molar-refractivity contribution is -0.120. The molecule has 0 atom stereocenters. The number of rotatable bonds is 5. The maximum absolute atomic E-state index is 10.9. The van der Waals surface area contributed by atoms with Crippen LogP contribution in [0.1, 0.15) is 17.7 Å². The van der Waals surface area contributed by atoms with Gasteiger partial charge in [-0.05, 0) is 18.6 Å². The Bertz CT molecular complexity index is 308. The van der Waals surface area contributed by atoms with Crippen LogP contribution in [-0.2, 0) is 11.3 Å². The third-order valence-electron chi connectivity index (χ3n) is 2.09. The van der Waals surface area contributed by atoms with Gasteiger partial charge < -0.3 is 10.6 Å². The smallest absolute Gasteiger partial charge is 0.221 e. The number of carbonyl (C=O) groups is 1. The molecule has 0 aliphatic rings. The molecular formula is C11H17N3O. The van der Waals surface area contributed by atoms with Gasteiger partial charge in [0, 0.05) is 32.8 Å². The molecule has 1 heterocycles. The minimum atomic E-state index is 0.0550. The van der Waals surface area contributed by atoms with Crippen LogP contribution >= 0.6 is 0 Å². The number of hydrogen-bond acceptors (Lipinski definition) is 3. The molecule has 0 bridgehead atoms. The number of aryl methyl sites for hydroxylation is 1. The average molecular weight is 207 g/mol. The van der Waals surface area contributed by atoms with Crippen molar-refractivity contribution in [3.63, 3.8) is 0 Å². The number of pyridine rings is 1. The molecule has 0 radical (unpaired) electrons. The van der Waals surface area contributed by atoms with Gasteiger partial charge in [-0.2, -0.15) is 0 Å². The third kappa shape index (κ3) is 4.56. The molecular weight excluding hydrogens is 190 g/mol. The first kappa shape index (κ1) is 11.7. The predicted octanol–water partition coefficient (Wildman–Crippen LogP) is 0.616. The highest BCUT2D eigenvalue weighted by molar-refractivity contribution is 5.75. The van der Waals surface area contributed by atoms with E-state index in [2.05, 4.69) is 15.6 Å². The highest BCUT2D eigenvalue weighted by atomic mass is 16.1. The fourth-order valence-corrected chi connectivity index (χ4v) is 1.15. The van der Waals surface area contributed by atoms with E-state index in [1.165, 1.54) is 0 Å². The normalized spacial score (nSPS) is 10.0. The molecule has 0 spiro atoms. The fraction of sp³-hybridized carbons (Fsp3) is 0.455. The van der Waals surface area contributed by atoms with Crippen LogP contribution in [0, 0.1) is 6.92 Å². The summed E-state index contributed by atoms with van der Waals surface area (Å²) < 4.78 is 0. The molecule has 0 saturated heterocycles. The first-order chi connectivity index (χ1) is 7.22. The Labute approximate surface area is 90.1 Å². The maximum Gasteiger partial charge on any atom is 0.221 e. The number of carbonyl (C=O) groups excluding carboxylic acids is 1. The topological polar surface area (TPSA) is 54.0 Å². The number of nitrogens with one attached hydrogen (secondary N) is 2. The largest absolute Gasteiger partial charge is 0.359 e. The van der Waals surface area contributed by atoms with Crippen molar-refractivity contribution < 1.29 is 4.79 Å². The van der Waals surface area contributed by atoms with E-state index >= 15 is 0 Å². The lowest BCUT2D eigenvalue weighted by Crippen LogP contribution is -2.24. The summed E-state index contributed by atoms with van der Waals surface area (Å²) in [4.78, 5) is 15.2. The second-order valence-electron chi connectivity index (χ2n) is 3.43. The Hall–Kier alpha value is -1.42. The van der Waals surface area contributed by atoms with E-state index in [1.54, 1.807) is 7.05 Å². The van der Waals surface area contributed by atoms with Crippen LogP contribution in [0.4, 0.5) is 0 Å². The van der Waals surface area contributed by atoms with E-state index in [4.69, 9.17) is 0 Å². The van der Waals surface area contributed by atoms with Gasteiger partial charge in [0.1, 0.15) is 0 Å². The predicted molar refractivity (Wildman–Crippen MR) is 59.4 cm³/mol. The summed E-state index contributed by atoms with van der Waals surface area (Å²) in [5.74, 6) is 0.0550. The Morgan fingerprint density at radius 2 is 2.27 bits per heavy atom. The molecule has 0 aliphatic carbocycles. The van der Waals surface area contributed by atoms with E-state index in [1.807, 2.05) is 25.3 Å². The highest BCUT2D eigenvalue weighted by Crippen LogP contribution is 1.97. The minimum Gasteiger partial charge on any atom is -0.359 e. The van der Waals surface area contributed by atoms with Gasteiger partial charge in [-0.1, -0.05) is 6.07 Å². The molecule has 1 amide bonds. The monoisotopic (exact) mass is 207 g/mol. The van der Waals surface area contributed by atoms with E-state index < -0.39 is 0 Å². The van der Waals surface area contributed by atoms with Crippen molar-refractivity contribution in [1.82, 2.24) is 15.6 Å². The number of nitrogens with zero attached hydrogens (tertiary/aromatic N) is 1. The average Bonchev–Trinajstić information content (AvgIpc) is 2.26. The van der Waals surface area contributed by atoms with Crippen LogP contribution in [0.5, 0.6) is 0 Å². The molecule has 0 aliphatic heterocycles. The summed E-state index contributed by atoms with van der Waals surface area (Å²) in [6.07, 6.45) is 2.35. The van der Waals surface area contributed by atoms with E-state index in [0.717, 1.165) is 11.3 Å². The zero-order valence-electron chi connectivity index (χ0n) is 9.21. The molecule has 82 valence electrons. The molecule has 1 aromatic heterocycles. The fourth-order valence-electron chi connectivity index (χ4n) is 1.15. The van der Waals surface area contributed by atoms with Crippen LogP contribution in [0.3, 0.4) is 0 Å². The van der Waals surface area contributed by atoms with Crippen molar-refractivity contribution >= 4 is 5.91 Å². The summed E-state index contributed by atoms with van der Waals surface area (Å²) in [6, 6.07) is 4.02. The van der Waals surface area contributed by atoms with Gasteiger partial charge in [0.25, 0.3) is 0 Å². The standard InChI is InChI=1S/C11H17N3O/c1-9-3-4-10(14-7-9)8-13-6-5-11(15)12-2/h3-4,7,13H,5-6,8H2,1-2H3,(H,12,15). The van der Waals surface area contributed by atoms with Gasteiger partial charge in [-0.15, -0.1) is 0 Å². The first-order valence-electron chi connectivity index (χ1n) is 5.05. The second-order valence-corrected chi connectivity index (χ2v) is 3.43. The summed E-state index contributed by atoms with van der Waals surface area (Å²) in [7, 11) is 1.64. The van der Waals surface area contributed by atoms with Gasteiger partial charge in [0.2, 0.25) is 5.91 Å². The van der Waals surface area contributed by atoms with Crippen molar-refractivity contribution in [2.24, 2.45) is 0 Å². The van der Waals surface area contributed by atoms with Crippen molar-refractivity contribution in [3.05, 3.63) is 29.6 Å². The molecule has 0 fully saturated rings. The van der Waals surface area contributed by atoms with Gasteiger partial charge >= 0.3 is 0 Å². The van der Waals surface area contributed by atoms with Gasteiger partial charge in [0.15, 0.2) is 0 Å². The first-order valence-corrected chi connectivity index (χ1v) is 5.05. The van der Waals surface area contributed by atoms with Crippen molar-refractivity contribution in [3.8, 4) is 0 Å². The van der Waals surface area contributed by atoms with Crippen molar-refractivity contribution in [1.29, 1.82) is 0 Å². The van der Waals surface area contributed by atoms with Crippen molar-refractivity contribution in [2.75, 3.05) is 13.6 Å². The van der Waals surface area contributed by atoms with E-state index in [9.17, 15) is 4.79 Å². The second kappa shape index (κ2) is 6.14. The molecule has 4 heteroatoms. The Morgan fingerprint density at radius 1 is 1.47 bits per heavy atom. The van der Waals surface area contributed by atoms with Gasteiger partial charge in [-0.25, -0.2) is 0 Å². The molecule has 0 saturated carbocycles.